The van der Waals surface area contributed by atoms with E-state index in [4.69, 9.17) is 0 Å². The first-order chi connectivity index (χ1) is 11.6. The molecule has 2 aliphatic heterocycles. The molecule has 0 aromatic heterocycles. The van der Waals surface area contributed by atoms with Crippen molar-refractivity contribution in [3.05, 3.63) is 27.8 Å². The van der Waals surface area contributed by atoms with Crippen molar-refractivity contribution >= 4 is 17.1 Å². The molecule has 3 rings (SSSR count). The molecule has 0 amide bonds. The van der Waals surface area contributed by atoms with E-state index in [1.54, 1.807) is 24.8 Å². The van der Waals surface area contributed by atoms with E-state index in [1.165, 1.54) is 6.07 Å². The minimum Gasteiger partial charge on any atom is -0.388 e. The van der Waals surface area contributed by atoms with Crippen molar-refractivity contribution in [1.82, 2.24) is 0 Å². The van der Waals surface area contributed by atoms with Crippen molar-refractivity contribution in [1.29, 1.82) is 5.26 Å². The molecule has 1 aromatic rings. The SMILES string of the molecule is CC1(O)CCN(c2cc(C#N)c([N+](=O)[O-])c(N3CCC(C)(O)C3)c2)C1. The molecule has 2 heterocycles. The number of rotatable bonds is 3. The molecule has 2 unspecified atom stereocenters. The minimum absolute atomic E-state index is 0.00409. The lowest BCUT2D eigenvalue weighted by Gasteiger charge is -2.25. The monoisotopic (exact) mass is 346 g/mol. The number of nitro benzene ring substituents is 1. The van der Waals surface area contributed by atoms with E-state index in [0.29, 0.717) is 43.9 Å². The van der Waals surface area contributed by atoms with Crippen LogP contribution in [0.25, 0.3) is 0 Å². The Morgan fingerprint density at radius 1 is 1.16 bits per heavy atom. The Hall–Kier alpha value is -2.37. The van der Waals surface area contributed by atoms with Gasteiger partial charge in [-0.1, -0.05) is 0 Å². The molecule has 2 fully saturated rings. The van der Waals surface area contributed by atoms with E-state index in [2.05, 4.69) is 0 Å². The molecule has 2 N–H and O–H groups in total. The van der Waals surface area contributed by atoms with Gasteiger partial charge in [0.25, 0.3) is 0 Å². The van der Waals surface area contributed by atoms with E-state index >= 15 is 0 Å². The Morgan fingerprint density at radius 3 is 2.16 bits per heavy atom. The Balaban J connectivity index is 2.07. The summed E-state index contributed by atoms with van der Waals surface area (Å²) in [6.45, 7) is 5.24. The van der Waals surface area contributed by atoms with Crippen molar-refractivity contribution in [3.63, 3.8) is 0 Å². The lowest BCUT2D eigenvalue weighted by atomic mass is 10.1. The third kappa shape index (κ3) is 3.38. The number of benzene rings is 1. The normalized spacial score (nSPS) is 29.1. The summed E-state index contributed by atoms with van der Waals surface area (Å²) in [6, 6.07) is 5.13. The zero-order valence-corrected chi connectivity index (χ0v) is 14.4. The van der Waals surface area contributed by atoms with Crippen LogP contribution in [0, 0.1) is 21.4 Å². The van der Waals surface area contributed by atoms with E-state index in [0.717, 1.165) is 0 Å². The van der Waals surface area contributed by atoms with Gasteiger partial charge in [-0.05, 0) is 38.8 Å². The number of β-amino-alcohol motifs (C(OH)–C–C–N with tert-alkyl or cyclic N) is 2. The van der Waals surface area contributed by atoms with Gasteiger partial charge >= 0.3 is 5.69 Å². The highest BCUT2D eigenvalue weighted by Crippen LogP contribution is 2.40. The van der Waals surface area contributed by atoms with Crippen molar-refractivity contribution in [2.45, 2.75) is 37.9 Å². The smallest absolute Gasteiger partial charge is 0.310 e. The fourth-order valence-electron chi connectivity index (χ4n) is 3.62. The third-order valence-corrected chi connectivity index (χ3v) is 4.99. The molecule has 2 aliphatic rings. The Labute approximate surface area is 146 Å². The maximum atomic E-state index is 11.6. The van der Waals surface area contributed by atoms with Gasteiger partial charge in [0.05, 0.1) is 16.1 Å². The van der Waals surface area contributed by atoms with Gasteiger partial charge < -0.3 is 20.0 Å². The minimum atomic E-state index is -0.909. The molecule has 8 nitrogen and oxygen atoms in total. The average Bonchev–Trinajstić information content (AvgIpc) is 3.07. The van der Waals surface area contributed by atoms with Crippen molar-refractivity contribution < 1.29 is 15.1 Å². The molecule has 0 radical (unpaired) electrons. The van der Waals surface area contributed by atoms with Gasteiger partial charge in [-0.2, -0.15) is 5.26 Å². The lowest BCUT2D eigenvalue weighted by molar-refractivity contribution is -0.384. The lowest BCUT2D eigenvalue weighted by Crippen LogP contribution is -2.31. The van der Waals surface area contributed by atoms with Crippen LogP contribution in [0.5, 0.6) is 0 Å². The van der Waals surface area contributed by atoms with Gasteiger partial charge in [-0.15, -0.1) is 0 Å². The topological polar surface area (TPSA) is 114 Å². The Kier molecular flexibility index (Phi) is 4.09. The van der Waals surface area contributed by atoms with E-state index < -0.39 is 16.1 Å². The number of nitro groups is 1. The maximum Gasteiger partial charge on any atom is 0.310 e. The number of hydrogen-bond acceptors (Lipinski definition) is 7. The maximum absolute atomic E-state index is 11.6. The van der Waals surface area contributed by atoms with Crippen LogP contribution < -0.4 is 9.80 Å². The second-order valence-electron chi connectivity index (χ2n) is 7.57. The fourth-order valence-corrected chi connectivity index (χ4v) is 3.62. The first-order valence-electron chi connectivity index (χ1n) is 8.29. The number of aliphatic hydroxyl groups is 2. The predicted molar refractivity (Wildman–Crippen MR) is 92.7 cm³/mol. The van der Waals surface area contributed by atoms with Crippen LogP contribution >= 0.6 is 0 Å². The van der Waals surface area contributed by atoms with Crippen LogP contribution in [0.2, 0.25) is 0 Å². The molecule has 2 atom stereocenters. The average molecular weight is 346 g/mol. The number of nitriles is 1. The van der Waals surface area contributed by atoms with E-state index in [1.807, 2.05) is 11.0 Å². The second-order valence-corrected chi connectivity index (χ2v) is 7.57. The number of nitrogens with zero attached hydrogens (tertiary/aromatic N) is 4. The molecule has 8 heteroatoms. The number of anilines is 2. The van der Waals surface area contributed by atoms with Gasteiger partial charge in [0.2, 0.25) is 0 Å². The van der Waals surface area contributed by atoms with Crippen molar-refractivity contribution in [2.24, 2.45) is 0 Å². The molecule has 0 aliphatic carbocycles. The molecule has 0 spiro atoms. The fraction of sp³-hybridized carbons (Fsp3) is 0.588. The van der Waals surface area contributed by atoms with Gasteiger partial charge in [-0.25, -0.2) is 0 Å². The quantitative estimate of drug-likeness (QED) is 0.628. The van der Waals surface area contributed by atoms with Crippen LogP contribution in [0.1, 0.15) is 32.3 Å². The first-order valence-corrected chi connectivity index (χ1v) is 8.29. The molecule has 134 valence electrons. The summed E-state index contributed by atoms with van der Waals surface area (Å²) in [4.78, 5) is 14.7. The van der Waals surface area contributed by atoms with Crippen LogP contribution in [0.15, 0.2) is 12.1 Å². The van der Waals surface area contributed by atoms with Crippen molar-refractivity contribution in [3.8, 4) is 6.07 Å². The summed E-state index contributed by atoms with van der Waals surface area (Å²) in [7, 11) is 0. The van der Waals surface area contributed by atoms with Crippen LogP contribution in [0.4, 0.5) is 17.1 Å². The summed E-state index contributed by atoms with van der Waals surface area (Å²) in [5.41, 5.74) is -0.921. The van der Waals surface area contributed by atoms with Gasteiger partial charge in [-0.3, -0.25) is 10.1 Å². The molecule has 0 bridgehead atoms. The third-order valence-electron chi connectivity index (χ3n) is 4.99. The van der Waals surface area contributed by atoms with Crippen LogP contribution in [-0.2, 0) is 0 Å². The van der Waals surface area contributed by atoms with Crippen LogP contribution in [-0.4, -0.2) is 52.5 Å². The molecule has 0 saturated carbocycles. The highest BCUT2D eigenvalue weighted by molar-refractivity contribution is 5.77. The van der Waals surface area contributed by atoms with E-state index in [-0.39, 0.29) is 17.8 Å². The van der Waals surface area contributed by atoms with Crippen LogP contribution in [0.3, 0.4) is 0 Å². The van der Waals surface area contributed by atoms with E-state index in [9.17, 15) is 25.6 Å². The zero-order valence-electron chi connectivity index (χ0n) is 14.4. The summed E-state index contributed by atoms with van der Waals surface area (Å²) < 4.78 is 0. The summed E-state index contributed by atoms with van der Waals surface area (Å²) in [6.07, 6.45) is 1.11. The standard InChI is InChI=1S/C17H22N4O4/c1-16(22)3-5-19(10-16)13-7-12(9-18)15(21(24)25)14(8-13)20-6-4-17(2,23)11-20/h7-8,22-23H,3-6,10-11H2,1-2H3. The van der Waals surface area contributed by atoms with Gasteiger partial charge in [0.1, 0.15) is 17.3 Å². The largest absolute Gasteiger partial charge is 0.388 e. The Morgan fingerprint density at radius 2 is 1.72 bits per heavy atom. The Bertz CT molecular complexity index is 754. The molecule has 2 saturated heterocycles. The molecule has 25 heavy (non-hydrogen) atoms. The second kappa shape index (κ2) is 5.86. The zero-order chi connectivity index (χ0) is 18.4. The molecular weight excluding hydrogens is 324 g/mol. The first kappa shape index (κ1) is 17.5. The number of hydrogen-bond donors (Lipinski definition) is 2. The van der Waals surface area contributed by atoms with Gasteiger partial charge in [0, 0.05) is 31.9 Å². The summed E-state index contributed by atoms with van der Waals surface area (Å²) in [5, 5.41) is 41.4. The highest BCUT2D eigenvalue weighted by Gasteiger charge is 2.37. The highest BCUT2D eigenvalue weighted by atomic mass is 16.6. The summed E-state index contributed by atoms with van der Waals surface area (Å²) in [5.74, 6) is 0. The van der Waals surface area contributed by atoms with Gasteiger partial charge in [0.15, 0.2) is 0 Å². The molecule has 1 aromatic carbocycles. The molecular formula is C17H22N4O4. The predicted octanol–water partition coefficient (Wildman–Crippen LogP) is 1.39. The summed E-state index contributed by atoms with van der Waals surface area (Å²) >= 11 is 0. The van der Waals surface area contributed by atoms with Crippen molar-refractivity contribution in [2.75, 3.05) is 36.0 Å².